The highest BCUT2D eigenvalue weighted by atomic mass is 16.5. The third-order valence-electron chi connectivity index (χ3n) is 4.60. The van der Waals surface area contributed by atoms with E-state index in [-0.39, 0.29) is 11.4 Å². The third kappa shape index (κ3) is 3.01. The fourth-order valence-electron chi connectivity index (χ4n) is 3.13. The molecule has 0 aromatic carbocycles. The van der Waals surface area contributed by atoms with Crippen LogP contribution in [0.4, 0.5) is 0 Å². The summed E-state index contributed by atoms with van der Waals surface area (Å²) in [6, 6.07) is 0. The summed E-state index contributed by atoms with van der Waals surface area (Å²) in [5.74, 6) is 0.697. The highest BCUT2D eigenvalue weighted by Crippen LogP contribution is 2.34. The minimum Gasteiger partial charge on any atom is -0.465 e. The lowest BCUT2D eigenvalue weighted by Gasteiger charge is -2.34. The van der Waals surface area contributed by atoms with Crippen LogP contribution in [0.1, 0.15) is 51.9 Å². The quantitative estimate of drug-likeness (QED) is 0.766. The molecule has 0 amide bonds. The Balaban J connectivity index is 1.83. The van der Waals surface area contributed by atoms with Crippen molar-refractivity contribution < 1.29 is 9.53 Å². The molecule has 0 atom stereocenters. The molecule has 3 heteroatoms. The van der Waals surface area contributed by atoms with Crippen LogP contribution in [-0.4, -0.2) is 25.7 Å². The molecule has 98 valence electrons. The monoisotopic (exact) mass is 239 g/mol. The maximum Gasteiger partial charge on any atom is 0.312 e. The van der Waals surface area contributed by atoms with E-state index in [2.05, 4.69) is 12.2 Å². The van der Waals surface area contributed by atoms with Gasteiger partial charge in [-0.1, -0.05) is 19.8 Å². The Hall–Kier alpha value is -0.570. The average Bonchev–Trinajstić information content (AvgIpc) is 2.90. The molecule has 0 unspecified atom stereocenters. The van der Waals surface area contributed by atoms with Gasteiger partial charge in [0.2, 0.25) is 0 Å². The van der Waals surface area contributed by atoms with E-state index in [1.54, 1.807) is 0 Å². The van der Waals surface area contributed by atoms with Crippen LogP contribution < -0.4 is 5.32 Å². The lowest BCUT2D eigenvalue weighted by Crippen LogP contribution is -2.43. The van der Waals surface area contributed by atoms with E-state index in [9.17, 15) is 4.79 Å². The van der Waals surface area contributed by atoms with Crippen molar-refractivity contribution in [3.63, 3.8) is 0 Å². The lowest BCUT2D eigenvalue weighted by atomic mass is 9.77. The molecule has 0 radical (unpaired) electrons. The zero-order chi connectivity index (χ0) is 12.1. The zero-order valence-corrected chi connectivity index (χ0v) is 11.0. The Bertz CT molecular complexity index is 253. The number of hydrogen-bond acceptors (Lipinski definition) is 3. The number of carbonyl (C=O) groups is 1. The molecule has 3 nitrogen and oxygen atoms in total. The molecule has 1 saturated heterocycles. The van der Waals surface area contributed by atoms with Gasteiger partial charge in [0.05, 0.1) is 12.0 Å². The number of esters is 1. The Morgan fingerprint density at radius 2 is 1.94 bits per heavy atom. The van der Waals surface area contributed by atoms with Crippen LogP contribution >= 0.6 is 0 Å². The van der Waals surface area contributed by atoms with Crippen LogP contribution in [0, 0.1) is 11.3 Å². The van der Waals surface area contributed by atoms with Gasteiger partial charge in [-0.15, -0.1) is 0 Å². The number of hydrogen-bond donors (Lipinski definition) is 1. The van der Waals surface area contributed by atoms with E-state index in [1.807, 2.05) is 0 Å². The molecule has 2 rings (SSSR count). The summed E-state index contributed by atoms with van der Waals surface area (Å²) in [6.45, 7) is 4.68. The van der Waals surface area contributed by atoms with E-state index in [4.69, 9.17) is 4.74 Å². The van der Waals surface area contributed by atoms with Crippen molar-refractivity contribution in [3.05, 3.63) is 0 Å². The molecule has 1 aliphatic carbocycles. The summed E-state index contributed by atoms with van der Waals surface area (Å²) in [5.41, 5.74) is -0.191. The first-order valence-corrected chi connectivity index (χ1v) is 7.15. The molecule has 2 aliphatic rings. The summed E-state index contributed by atoms with van der Waals surface area (Å²) in [6.07, 6.45) is 7.90. The Morgan fingerprint density at radius 3 is 2.53 bits per heavy atom. The molecule has 2 fully saturated rings. The van der Waals surface area contributed by atoms with Gasteiger partial charge in [0, 0.05) is 0 Å². The van der Waals surface area contributed by atoms with Gasteiger partial charge in [-0.2, -0.15) is 0 Å². The van der Waals surface area contributed by atoms with Crippen LogP contribution in [0.25, 0.3) is 0 Å². The lowest BCUT2D eigenvalue weighted by molar-refractivity contribution is -0.159. The summed E-state index contributed by atoms with van der Waals surface area (Å²) < 4.78 is 5.59. The topological polar surface area (TPSA) is 38.3 Å². The second-order valence-electron chi connectivity index (χ2n) is 5.63. The Labute approximate surface area is 104 Å². The van der Waals surface area contributed by atoms with Crippen molar-refractivity contribution in [2.75, 3.05) is 19.7 Å². The van der Waals surface area contributed by atoms with Gasteiger partial charge in [0.15, 0.2) is 0 Å². The van der Waals surface area contributed by atoms with Gasteiger partial charge in [0.1, 0.15) is 0 Å². The number of rotatable bonds is 4. The molecule has 1 heterocycles. The number of carbonyl (C=O) groups excluding carboxylic acids is 1. The molecule has 17 heavy (non-hydrogen) atoms. The average molecular weight is 239 g/mol. The first-order valence-electron chi connectivity index (χ1n) is 7.15. The second-order valence-corrected chi connectivity index (χ2v) is 5.63. The van der Waals surface area contributed by atoms with Crippen molar-refractivity contribution >= 4 is 5.97 Å². The Morgan fingerprint density at radius 1 is 1.29 bits per heavy atom. The first kappa shape index (κ1) is 12.9. The van der Waals surface area contributed by atoms with E-state index in [0.29, 0.717) is 12.5 Å². The molecular formula is C14H25NO2. The maximum absolute atomic E-state index is 12.3. The van der Waals surface area contributed by atoms with E-state index < -0.39 is 0 Å². The minimum absolute atomic E-state index is 0.0633. The molecule has 0 spiro atoms. The van der Waals surface area contributed by atoms with Crippen LogP contribution in [0.5, 0.6) is 0 Å². The van der Waals surface area contributed by atoms with Crippen molar-refractivity contribution in [1.29, 1.82) is 0 Å². The normalized spacial score (nSPS) is 24.8. The van der Waals surface area contributed by atoms with E-state index in [0.717, 1.165) is 32.4 Å². The maximum atomic E-state index is 12.3. The van der Waals surface area contributed by atoms with E-state index >= 15 is 0 Å². The van der Waals surface area contributed by atoms with Crippen LogP contribution in [-0.2, 0) is 9.53 Å². The van der Waals surface area contributed by atoms with Crippen molar-refractivity contribution in [1.82, 2.24) is 5.32 Å². The van der Waals surface area contributed by atoms with Crippen LogP contribution in [0.3, 0.4) is 0 Å². The highest BCUT2D eigenvalue weighted by molar-refractivity contribution is 5.77. The molecule has 0 aromatic heterocycles. The fourth-order valence-corrected chi connectivity index (χ4v) is 3.13. The fraction of sp³-hybridized carbons (Fsp3) is 0.929. The molecule has 1 aliphatic heterocycles. The number of ether oxygens (including phenoxy) is 1. The van der Waals surface area contributed by atoms with Crippen LogP contribution in [0.15, 0.2) is 0 Å². The van der Waals surface area contributed by atoms with E-state index in [1.165, 1.54) is 25.7 Å². The molecule has 1 N–H and O–H groups in total. The summed E-state index contributed by atoms with van der Waals surface area (Å²) in [7, 11) is 0. The van der Waals surface area contributed by atoms with Crippen LogP contribution in [0.2, 0.25) is 0 Å². The number of nitrogens with one attached hydrogen (secondary N) is 1. The smallest absolute Gasteiger partial charge is 0.312 e. The third-order valence-corrected chi connectivity index (χ3v) is 4.60. The molecular weight excluding hydrogens is 214 g/mol. The second kappa shape index (κ2) is 5.85. The van der Waals surface area contributed by atoms with Gasteiger partial charge in [-0.3, -0.25) is 4.79 Å². The molecule has 0 aromatic rings. The van der Waals surface area contributed by atoms with Gasteiger partial charge >= 0.3 is 5.97 Å². The predicted octanol–water partition coefficient (Wildman–Crippen LogP) is 2.50. The molecule has 0 bridgehead atoms. The molecule has 1 saturated carbocycles. The predicted molar refractivity (Wildman–Crippen MR) is 67.7 cm³/mol. The van der Waals surface area contributed by atoms with Gasteiger partial charge < -0.3 is 10.1 Å². The van der Waals surface area contributed by atoms with Gasteiger partial charge in [-0.05, 0) is 51.1 Å². The summed E-state index contributed by atoms with van der Waals surface area (Å²) in [4.78, 5) is 12.3. The first-order chi connectivity index (χ1) is 8.27. The minimum atomic E-state index is -0.191. The highest BCUT2D eigenvalue weighted by Gasteiger charge is 2.39. The number of piperidine rings is 1. The summed E-state index contributed by atoms with van der Waals surface area (Å²) in [5, 5.41) is 3.32. The van der Waals surface area contributed by atoms with Gasteiger partial charge in [0.25, 0.3) is 0 Å². The van der Waals surface area contributed by atoms with Gasteiger partial charge in [-0.25, -0.2) is 0 Å². The van der Waals surface area contributed by atoms with Crippen molar-refractivity contribution in [3.8, 4) is 0 Å². The summed E-state index contributed by atoms with van der Waals surface area (Å²) >= 11 is 0. The SMILES string of the molecule is CCC1(C(=O)OCC2CCCC2)CCNCC1. The Kier molecular flexibility index (Phi) is 4.43. The zero-order valence-electron chi connectivity index (χ0n) is 11.0. The standard InChI is InChI=1S/C14H25NO2/c1-2-14(7-9-15-10-8-14)13(16)17-11-12-5-3-4-6-12/h12,15H,2-11H2,1H3. The van der Waals surface area contributed by atoms with Crippen molar-refractivity contribution in [2.24, 2.45) is 11.3 Å². The largest absolute Gasteiger partial charge is 0.465 e. The van der Waals surface area contributed by atoms with Crippen molar-refractivity contribution in [2.45, 2.75) is 51.9 Å².